The molecule has 3 aromatic rings. The maximum absolute atomic E-state index is 9.60. The smallest absolute Gasteiger partial charge is 0.0999 e. The number of aromatic nitrogens is 2. The Hall–Kier alpha value is -2.15. The maximum atomic E-state index is 9.60. The first-order valence-electron chi connectivity index (χ1n) is 6.25. The van der Waals surface area contributed by atoms with Crippen LogP contribution in [0.25, 0.3) is 10.9 Å². The van der Waals surface area contributed by atoms with Crippen molar-refractivity contribution >= 4 is 34.1 Å². The Bertz CT molecular complexity index is 850. The molecule has 0 spiro atoms. The summed E-state index contributed by atoms with van der Waals surface area (Å²) in [5.74, 6) is -0.518. The normalized spacial score (nSPS) is 12.0. The number of rotatable bonds is 2. The third-order valence-corrected chi connectivity index (χ3v) is 3.85. The van der Waals surface area contributed by atoms with Gasteiger partial charge in [-0.25, -0.2) is 0 Å². The summed E-state index contributed by atoms with van der Waals surface area (Å²) in [6, 6.07) is 15.0. The number of nitriles is 1. The average molecular weight is 314 g/mol. The maximum Gasteiger partial charge on any atom is 0.0999 e. The zero-order valence-electron chi connectivity index (χ0n) is 10.8. The minimum absolute atomic E-state index is 0.468. The van der Waals surface area contributed by atoms with Crippen molar-refractivity contribution in [2.24, 2.45) is 0 Å². The predicted molar refractivity (Wildman–Crippen MR) is 83.5 cm³/mol. The van der Waals surface area contributed by atoms with Crippen LogP contribution in [0.15, 0.2) is 48.7 Å². The molecule has 0 bridgehead atoms. The lowest BCUT2D eigenvalue weighted by atomic mass is 9.91. The van der Waals surface area contributed by atoms with E-state index in [0.29, 0.717) is 15.6 Å². The van der Waals surface area contributed by atoms with Gasteiger partial charge in [0.15, 0.2) is 0 Å². The molecule has 0 unspecified atom stereocenters. The third-order valence-electron chi connectivity index (χ3n) is 3.29. The Labute approximate surface area is 131 Å². The zero-order valence-corrected chi connectivity index (χ0v) is 12.3. The van der Waals surface area contributed by atoms with Gasteiger partial charge in [-0.05, 0) is 23.8 Å². The molecular formula is C16H9Cl2N3. The molecule has 0 radical (unpaired) electrons. The van der Waals surface area contributed by atoms with Gasteiger partial charge in [0.05, 0.1) is 23.7 Å². The number of halogens is 2. The van der Waals surface area contributed by atoms with Crippen molar-refractivity contribution in [2.75, 3.05) is 0 Å². The molecule has 0 aliphatic carbocycles. The molecule has 102 valence electrons. The zero-order chi connectivity index (χ0) is 14.8. The van der Waals surface area contributed by atoms with Crippen LogP contribution in [-0.2, 0) is 0 Å². The molecule has 0 fully saturated rings. The second-order valence-corrected chi connectivity index (χ2v) is 5.39. The van der Waals surface area contributed by atoms with Crippen LogP contribution in [-0.4, -0.2) is 10.2 Å². The molecule has 1 atom stereocenters. The summed E-state index contributed by atoms with van der Waals surface area (Å²) in [5, 5.41) is 19.6. The van der Waals surface area contributed by atoms with Crippen LogP contribution < -0.4 is 0 Å². The molecule has 2 aromatic carbocycles. The van der Waals surface area contributed by atoms with Crippen LogP contribution in [0.4, 0.5) is 0 Å². The monoisotopic (exact) mass is 313 g/mol. The third kappa shape index (κ3) is 2.56. The fraction of sp³-hybridized carbons (Fsp3) is 0.0625. The molecule has 3 nitrogen and oxygen atoms in total. The van der Waals surface area contributed by atoms with Crippen molar-refractivity contribution < 1.29 is 0 Å². The van der Waals surface area contributed by atoms with E-state index in [2.05, 4.69) is 16.3 Å². The van der Waals surface area contributed by atoms with Gasteiger partial charge < -0.3 is 0 Å². The quantitative estimate of drug-likeness (QED) is 0.695. The topological polar surface area (TPSA) is 49.6 Å². The van der Waals surface area contributed by atoms with Crippen molar-refractivity contribution in [3.8, 4) is 6.07 Å². The summed E-state index contributed by atoms with van der Waals surface area (Å²) in [7, 11) is 0. The van der Waals surface area contributed by atoms with Gasteiger partial charge in [-0.1, -0.05) is 47.5 Å². The van der Waals surface area contributed by atoms with E-state index in [1.165, 1.54) is 0 Å². The van der Waals surface area contributed by atoms with Crippen molar-refractivity contribution in [3.63, 3.8) is 0 Å². The summed E-state index contributed by atoms with van der Waals surface area (Å²) in [6.45, 7) is 0. The number of hydrogen-bond acceptors (Lipinski definition) is 3. The summed E-state index contributed by atoms with van der Waals surface area (Å²) >= 11 is 12.1. The van der Waals surface area contributed by atoms with E-state index in [4.69, 9.17) is 23.2 Å². The fourth-order valence-electron chi connectivity index (χ4n) is 2.30. The second kappa shape index (κ2) is 5.69. The highest BCUT2D eigenvalue weighted by atomic mass is 35.5. The van der Waals surface area contributed by atoms with E-state index in [-0.39, 0.29) is 0 Å². The first kappa shape index (κ1) is 13.8. The lowest BCUT2D eigenvalue weighted by molar-refractivity contribution is 0.988. The highest BCUT2D eigenvalue weighted by molar-refractivity contribution is 6.35. The van der Waals surface area contributed by atoms with Gasteiger partial charge >= 0.3 is 0 Å². The van der Waals surface area contributed by atoms with Crippen molar-refractivity contribution in [1.82, 2.24) is 10.2 Å². The Morgan fingerprint density at radius 2 is 1.86 bits per heavy atom. The molecule has 0 aliphatic rings. The SMILES string of the molecule is N#C[C@H](c1ccc(Cl)cc1Cl)c1cnnc2ccccc12. The second-order valence-electron chi connectivity index (χ2n) is 4.55. The summed E-state index contributed by atoms with van der Waals surface area (Å²) in [5.41, 5.74) is 2.24. The van der Waals surface area contributed by atoms with Crippen LogP contribution in [0.1, 0.15) is 17.0 Å². The standard InChI is InChI=1S/C16H9Cl2N3/c17-10-5-6-11(15(18)7-10)13(8-19)14-9-20-21-16-4-2-1-3-12(14)16/h1-7,9,13H/t13-/m1/s1. The Kier molecular flexibility index (Phi) is 3.74. The van der Waals surface area contributed by atoms with Crippen molar-refractivity contribution in [1.29, 1.82) is 5.26 Å². The number of benzene rings is 2. The summed E-state index contributed by atoms with van der Waals surface area (Å²) in [6.07, 6.45) is 1.61. The number of nitrogens with zero attached hydrogens (tertiary/aromatic N) is 3. The minimum Gasteiger partial charge on any atom is -0.197 e. The number of hydrogen-bond donors (Lipinski definition) is 0. The van der Waals surface area contributed by atoms with Crippen LogP contribution in [0.2, 0.25) is 10.0 Å². The van der Waals surface area contributed by atoms with Gasteiger partial charge in [-0.2, -0.15) is 15.5 Å². The van der Waals surface area contributed by atoms with Gasteiger partial charge in [0, 0.05) is 21.0 Å². The van der Waals surface area contributed by atoms with Crippen LogP contribution >= 0.6 is 23.2 Å². The van der Waals surface area contributed by atoms with Crippen molar-refractivity contribution in [3.05, 3.63) is 69.8 Å². The Balaban J connectivity index is 2.22. The van der Waals surface area contributed by atoms with Gasteiger partial charge in [0.1, 0.15) is 0 Å². The fourth-order valence-corrected chi connectivity index (χ4v) is 2.82. The van der Waals surface area contributed by atoms with E-state index in [1.807, 2.05) is 24.3 Å². The molecular weight excluding hydrogens is 305 g/mol. The Morgan fingerprint density at radius 3 is 2.62 bits per heavy atom. The van der Waals surface area contributed by atoms with Gasteiger partial charge in [-0.15, -0.1) is 0 Å². The molecule has 1 aromatic heterocycles. The lowest BCUT2D eigenvalue weighted by Crippen LogP contribution is -2.02. The molecule has 0 saturated heterocycles. The molecule has 0 N–H and O–H groups in total. The molecule has 5 heteroatoms. The lowest BCUT2D eigenvalue weighted by Gasteiger charge is -2.13. The van der Waals surface area contributed by atoms with E-state index in [0.717, 1.165) is 16.5 Å². The Morgan fingerprint density at radius 1 is 1.05 bits per heavy atom. The summed E-state index contributed by atoms with van der Waals surface area (Å²) < 4.78 is 0. The van der Waals surface area contributed by atoms with E-state index in [9.17, 15) is 5.26 Å². The predicted octanol–water partition coefficient (Wildman–Crippen LogP) is 4.59. The minimum atomic E-state index is -0.518. The van der Waals surface area contributed by atoms with E-state index < -0.39 is 5.92 Å². The first-order chi connectivity index (χ1) is 10.2. The van der Waals surface area contributed by atoms with Crippen molar-refractivity contribution in [2.45, 2.75) is 5.92 Å². The first-order valence-corrected chi connectivity index (χ1v) is 7.01. The molecule has 0 amide bonds. The van der Waals surface area contributed by atoms with Crippen LogP contribution in [0.3, 0.4) is 0 Å². The highest BCUT2D eigenvalue weighted by Gasteiger charge is 2.19. The summed E-state index contributed by atoms with van der Waals surface area (Å²) in [4.78, 5) is 0. The molecule has 0 aliphatic heterocycles. The van der Waals surface area contributed by atoms with Gasteiger partial charge in [0.2, 0.25) is 0 Å². The molecule has 21 heavy (non-hydrogen) atoms. The van der Waals surface area contributed by atoms with Crippen LogP contribution in [0.5, 0.6) is 0 Å². The van der Waals surface area contributed by atoms with Crippen LogP contribution in [0, 0.1) is 11.3 Å². The van der Waals surface area contributed by atoms with E-state index in [1.54, 1.807) is 24.4 Å². The van der Waals surface area contributed by atoms with Gasteiger partial charge in [0.25, 0.3) is 0 Å². The van der Waals surface area contributed by atoms with Gasteiger partial charge in [-0.3, -0.25) is 0 Å². The molecule has 0 saturated carbocycles. The highest BCUT2D eigenvalue weighted by Crippen LogP contribution is 2.34. The molecule has 1 heterocycles. The largest absolute Gasteiger partial charge is 0.197 e. The number of fused-ring (bicyclic) bond motifs is 1. The molecule has 3 rings (SSSR count). The van der Waals surface area contributed by atoms with E-state index >= 15 is 0 Å². The average Bonchev–Trinajstić information content (AvgIpc) is 2.50.